The number of aliphatic carboxylic acids is 1. The normalized spacial score (nSPS) is 18.2. The summed E-state index contributed by atoms with van der Waals surface area (Å²) in [5.41, 5.74) is 2.21. The fraction of sp³-hybridized carbons (Fsp3) is 0.448. The van der Waals surface area contributed by atoms with Crippen LogP contribution < -0.4 is 4.74 Å². The van der Waals surface area contributed by atoms with Gasteiger partial charge in [0, 0.05) is 41.7 Å². The van der Waals surface area contributed by atoms with E-state index < -0.39 is 17.6 Å². The Morgan fingerprint density at radius 1 is 1.19 bits per heavy atom. The number of hydrogen-bond donors (Lipinski definition) is 1. The van der Waals surface area contributed by atoms with Gasteiger partial charge >= 0.3 is 5.97 Å². The number of carboxylic acids is 1. The molecular weight excluding hydrogens is 494 g/mol. The number of pyridine rings is 1. The van der Waals surface area contributed by atoms with E-state index in [-0.39, 0.29) is 6.42 Å². The van der Waals surface area contributed by atoms with Gasteiger partial charge in [0.25, 0.3) is 0 Å². The van der Waals surface area contributed by atoms with Crippen molar-refractivity contribution in [1.82, 2.24) is 9.88 Å². The van der Waals surface area contributed by atoms with Gasteiger partial charge in [-0.1, -0.05) is 6.07 Å². The molecule has 4 rings (SSSR count). The van der Waals surface area contributed by atoms with Crippen molar-refractivity contribution in [1.29, 1.82) is 0 Å². The van der Waals surface area contributed by atoms with Crippen molar-refractivity contribution in [3.8, 4) is 5.75 Å². The molecule has 2 aromatic carbocycles. The molecule has 1 N–H and O–H groups in total. The van der Waals surface area contributed by atoms with Crippen molar-refractivity contribution < 1.29 is 23.4 Å². The highest BCUT2D eigenvalue weighted by Gasteiger charge is 2.29. The maximum Gasteiger partial charge on any atom is 0.303 e. The summed E-state index contributed by atoms with van der Waals surface area (Å²) in [4.78, 5) is 18.4. The first-order valence-electron chi connectivity index (χ1n) is 12.9. The Balaban J connectivity index is 1.32. The average molecular weight is 529 g/mol. The minimum absolute atomic E-state index is 0.174. The minimum atomic E-state index is -0.821. The molecule has 1 aliphatic heterocycles. The van der Waals surface area contributed by atoms with Crippen LogP contribution in [-0.2, 0) is 11.2 Å². The van der Waals surface area contributed by atoms with Crippen LogP contribution in [0.4, 0.5) is 8.78 Å². The summed E-state index contributed by atoms with van der Waals surface area (Å²) in [5, 5.41) is 10.4. The van der Waals surface area contributed by atoms with Crippen LogP contribution in [-0.4, -0.2) is 53.5 Å². The third kappa shape index (κ3) is 7.42. The molecule has 5 nitrogen and oxygen atoms in total. The second kappa shape index (κ2) is 13.2. The van der Waals surface area contributed by atoms with Gasteiger partial charge in [-0.3, -0.25) is 9.78 Å². The lowest BCUT2D eigenvalue weighted by atomic mass is 9.79. The molecule has 37 heavy (non-hydrogen) atoms. The number of piperidine rings is 1. The van der Waals surface area contributed by atoms with Gasteiger partial charge in [0.15, 0.2) is 11.6 Å². The van der Waals surface area contributed by atoms with Crippen LogP contribution >= 0.6 is 11.8 Å². The number of benzene rings is 2. The van der Waals surface area contributed by atoms with Gasteiger partial charge in [-0.25, -0.2) is 8.78 Å². The van der Waals surface area contributed by atoms with E-state index in [0.717, 1.165) is 68.0 Å². The number of ether oxygens (including phenoxy) is 1. The van der Waals surface area contributed by atoms with E-state index in [4.69, 9.17) is 4.74 Å². The fourth-order valence-corrected chi connectivity index (χ4v) is 6.31. The average Bonchev–Trinajstić information content (AvgIpc) is 2.90. The Hall–Kier alpha value is -2.71. The molecule has 1 aromatic heterocycles. The maximum atomic E-state index is 13.9. The number of fused-ring (bicyclic) bond motifs is 1. The number of halogens is 2. The molecule has 0 bridgehead atoms. The molecule has 2 heterocycles. The molecule has 0 saturated carbocycles. The number of aromatic nitrogens is 1. The summed E-state index contributed by atoms with van der Waals surface area (Å²) in [6.07, 6.45) is 6.73. The highest BCUT2D eigenvalue weighted by molar-refractivity contribution is 7.99. The number of nitrogens with zero attached hydrogens (tertiary/aromatic N) is 2. The number of methoxy groups -OCH3 is 1. The Morgan fingerprint density at radius 2 is 2.05 bits per heavy atom. The number of rotatable bonds is 12. The second-order valence-corrected chi connectivity index (χ2v) is 10.8. The van der Waals surface area contributed by atoms with Gasteiger partial charge in [0.05, 0.1) is 12.6 Å². The molecule has 8 heteroatoms. The van der Waals surface area contributed by atoms with Crippen LogP contribution in [0.5, 0.6) is 5.75 Å². The Bertz CT molecular complexity index is 1210. The van der Waals surface area contributed by atoms with Crippen LogP contribution in [0, 0.1) is 23.5 Å². The lowest BCUT2D eigenvalue weighted by Gasteiger charge is -2.39. The topological polar surface area (TPSA) is 62.7 Å². The molecule has 0 spiro atoms. The molecule has 0 radical (unpaired) electrons. The van der Waals surface area contributed by atoms with Gasteiger partial charge in [-0.15, -0.1) is 11.8 Å². The predicted molar refractivity (Wildman–Crippen MR) is 143 cm³/mol. The van der Waals surface area contributed by atoms with E-state index >= 15 is 0 Å². The summed E-state index contributed by atoms with van der Waals surface area (Å²) in [5.74, 6) is -0.0905. The van der Waals surface area contributed by atoms with Crippen LogP contribution in [0.25, 0.3) is 10.9 Å². The van der Waals surface area contributed by atoms with Crippen molar-refractivity contribution in [3.05, 3.63) is 65.9 Å². The largest absolute Gasteiger partial charge is 0.497 e. The quantitative estimate of drug-likeness (QED) is 0.273. The third-order valence-corrected chi connectivity index (χ3v) is 8.36. The van der Waals surface area contributed by atoms with Crippen molar-refractivity contribution in [2.24, 2.45) is 11.8 Å². The van der Waals surface area contributed by atoms with E-state index in [1.54, 1.807) is 13.2 Å². The molecule has 1 aliphatic rings. The summed E-state index contributed by atoms with van der Waals surface area (Å²) in [6, 6.07) is 12.3. The molecule has 2 atom stereocenters. The number of carboxylic acid groups (broad SMARTS) is 1. The summed E-state index contributed by atoms with van der Waals surface area (Å²) < 4.78 is 32.8. The van der Waals surface area contributed by atoms with E-state index in [0.29, 0.717) is 28.9 Å². The van der Waals surface area contributed by atoms with Crippen molar-refractivity contribution in [2.45, 2.75) is 43.4 Å². The van der Waals surface area contributed by atoms with Crippen molar-refractivity contribution >= 4 is 28.6 Å². The van der Waals surface area contributed by atoms with E-state index in [9.17, 15) is 18.7 Å². The zero-order valence-corrected chi connectivity index (χ0v) is 22.0. The Kier molecular flexibility index (Phi) is 9.75. The lowest BCUT2D eigenvalue weighted by molar-refractivity contribution is -0.137. The van der Waals surface area contributed by atoms with Gasteiger partial charge in [-0.05, 0) is 92.4 Å². The number of thioether (sulfide) groups is 1. The van der Waals surface area contributed by atoms with E-state index in [1.165, 1.54) is 23.4 Å². The SMILES string of the molecule is COc1ccc2nccc(CCCC3CCN(CCSc4cccc(F)c4F)CC3CCC(=O)O)c2c1. The zero-order chi connectivity index (χ0) is 26.2. The van der Waals surface area contributed by atoms with Crippen LogP contribution in [0.1, 0.15) is 37.7 Å². The summed E-state index contributed by atoms with van der Waals surface area (Å²) in [7, 11) is 1.67. The van der Waals surface area contributed by atoms with Gasteiger partial charge in [-0.2, -0.15) is 0 Å². The van der Waals surface area contributed by atoms with Crippen molar-refractivity contribution in [3.63, 3.8) is 0 Å². The molecule has 0 amide bonds. The number of hydrogen-bond acceptors (Lipinski definition) is 5. The third-order valence-electron chi connectivity index (χ3n) is 7.35. The minimum Gasteiger partial charge on any atom is -0.497 e. The van der Waals surface area contributed by atoms with E-state index in [1.807, 2.05) is 24.4 Å². The number of likely N-dealkylation sites (tertiary alicyclic amines) is 1. The van der Waals surface area contributed by atoms with Crippen LogP contribution in [0.2, 0.25) is 0 Å². The first kappa shape index (κ1) is 27.3. The van der Waals surface area contributed by atoms with Crippen molar-refractivity contribution in [2.75, 3.05) is 32.5 Å². The first-order chi connectivity index (χ1) is 17.9. The maximum absolute atomic E-state index is 13.9. The molecule has 3 aromatic rings. The van der Waals surface area contributed by atoms with Gasteiger partial charge in [0.2, 0.25) is 0 Å². The highest BCUT2D eigenvalue weighted by Crippen LogP contribution is 2.33. The zero-order valence-electron chi connectivity index (χ0n) is 21.2. The lowest BCUT2D eigenvalue weighted by Crippen LogP contribution is -2.41. The van der Waals surface area contributed by atoms with E-state index in [2.05, 4.69) is 16.0 Å². The standard InChI is InChI=1S/C29H34F2N2O3S/c1-36-23-9-10-26-24(18-23)21(12-14-32-26)5-2-4-20-13-15-33(19-22(20)8-11-28(34)35)16-17-37-27-7-3-6-25(30)29(27)31/h3,6-7,9-10,12,14,18,20,22H,2,4-5,8,11,13,15-17,19H2,1H3,(H,34,35). The molecule has 1 fully saturated rings. The fourth-order valence-electron chi connectivity index (χ4n) is 5.34. The Labute approximate surface area is 221 Å². The molecule has 198 valence electrons. The monoisotopic (exact) mass is 528 g/mol. The smallest absolute Gasteiger partial charge is 0.303 e. The molecular formula is C29H34F2N2O3S. The molecule has 0 aliphatic carbocycles. The Morgan fingerprint density at radius 3 is 2.86 bits per heavy atom. The number of carbonyl (C=O) groups is 1. The second-order valence-electron chi connectivity index (χ2n) is 9.69. The highest BCUT2D eigenvalue weighted by atomic mass is 32.2. The first-order valence-corrected chi connectivity index (χ1v) is 13.9. The van der Waals surface area contributed by atoms with Crippen LogP contribution in [0.3, 0.4) is 0 Å². The van der Waals surface area contributed by atoms with Crippen LogP contribution in [0.15, 0.2) is 53.6 Å². The van der Waals surface area contributed by atoms with Gasteiger partial charge in [0.1, 0.15) is 5.75 Å². The molecule has 1 saturated heterocycles. The number of aryl methyl sites for hydroxylation is 1. The predicted octanol–water partition coefficient (Wildman–Crippen LogP) is 6.44. The summed E-state index contributed by atoms with van der Waals surface area (Å²) in [6.45, 7) is 2.55. The summed E-state index contributed by atoms with van der Waals surface area (Å²) >= 11 is 1.33. The molecule has 2 unspecified atom stereocenters. The van der Waals surface area contributed by atoms with Gasteiger partial charge < -0.3 is 14.7 Å².